The summed E-state index contributed by atoms with van der Waals surface area (Å²) in [5.41, 5.74) is -8.31. The molecule has 1 heterocycles. The predicted octanol–water partition coefficient (Wildman–Crippen LogP) is 3.21. The quantitative estimate of drug-likeness (QED) is 0.617. The van der Waals surface area contributed by atoms with E-state index in [4.69, 9.17) is 0 Å². The van der Waals surface area contributed by atoms with Crippen LogP contribution >= 0.6 is 12.2 Å². The molecule has 13 heteroatoms. The molecule has 0 unspecified atom stereocenters. The Morgan fingerprint density at radius 2 is 1.52 bits per heavy atom. The third-order valence-electron chi connectivity index (χ3n) is 2.95. The Kier molecular flexibility index (Phi) is 4.59. The Balaban J connectivity index is 2.56. The van der Waals surface area contributed by atoms with E-state index in [1.807, 2.05) is 0 Å². The van der Waals surface area contributed by atoms with Gasteiger partial charge in [-0.3, -0.25) is 9.36 Å². The fourth-order valence-corrected chi connectivity index (χ4v) is 2.87. The highest BCUT2D eigenvalue weighted by Crippen LogP contribution is 2.30. The number of H-pyrrole nitrogens is 1. The molecule has 2 aromatic rings. The largest absolute Gasteiger partial charge is 0.501 e. The highest BCUT2D eigenvalue weighted by molar-refractivity contribution is 7.92. The molecule has 1 N–H and O–H groups in total. The summed E-state index contributed by atoms with van der Waals surface area (Å²) in [5.74, 6) is 0. The fourth-order valence-electron chi connectivity index (χ4n) is 1.80. The summed E-state index contributed by atoms with van der Waals surface area (Å²) < 4.78 is 97.5. The van der Waals surface area contributed by atoms with Crippen LogP contribution in [-0.4, -0.2) is 23.5 Å². The molecule has 136 valence electrons. The lowest BCUT2D eigenvalue weighted by molar-refractivity contribution is -0.141. The summed E-state index contributed by atoms with van der Waals surface area (Å²) in [6.07, 6.45) is -4.85. The molecule has 0 saturated carbocycles. The summed E-state index contributed by atoms with van der Waals surface area (Å²) in [7, 11) is -5.59. The first-order valence-corrected chi connectivity index (χ1v) is 7.99. The number of sulfone groups is 1. The van der Waals surface area contributed by atoms with Crippen LogP contribution in [0.2, 0.25) is 0 Å². The highest BCUT2D eigenvalue weighted by atomic mass is 32.2. The van der Waals surface area contributed by atoms with Crippen molar-refractivity contribution in [3.8, 4) is 5.69 Å². The Morgan fingerprint density at radius 1 is 1.00 bits per heavy atom. The van der Waals surface area contributed by atoms with Gasteiger partial charge in [-0.05, 0) is 36.5 Å². The second-order valence-corrected chi connectivity index (χ2v) is 6.93. The molecule has 1 aromatic carbocycles. The zero-order valence-corrected chi connectivity index (χ0v) is 13.3. The number of halogens is 6. The van der Waals surface area contributed by atoms with E-state index in [1.165, 1.54) is 0 Å². The number of rotatable bonds is 2. The standard InChI is InChI=1S/C12H6F6N2O3S2/c13-11(14,15)8-5-9(21)20(10(24)19-8)6-1-3-7(4-2-6)25(22,23)12(16,17)18/h1-5H,(H,19,24). The first-order chi connectivity index (χ1) is 11.2. The average molecular weight is 404 g/mol. The van der Waals surface area contributed by atoms with Crippen LogP contribution in [-0.2, 0) is 16.0 Å². The van der Waals surface area contributed by atoms with Crippen molar-refractivity contribution in [3.63, 3.8) is 0 Å². The molecule has 0 atom stereocenters. The summed E-state index contributed by atoms with van der Waals surface area (Å²) in [6, 6.07) is 2.98. The Hall–Kier alpha value is -2.15. The molecule has 0 radical (unpaired) electrons. The molecule has 2 rings (SSSR count). The van der Waals surface area contributed by atoms with Gasteiger partial charge in [0.1, 0.15) is 5.69 Å². The molecule has 0 spiro atoms. The van der Waals surface area contributed by atoms with Crippen molar-refractivity contribution in [1.82, 2.24) is 9.55 Å². The van der Waals surface area contributed by atoms with E-state index in [0.29, 0.717) is 16.7 Å². The minimum atomic E-state index is -5.59. The molecule has 0 fully saturated rings. The van der Waals surface area contributed by atoms with Crippen LogP contribution in [0.4, 0.5) is 26.3 Å². The van der Waals surface area contributed by atoms with Crippen LogP contribution in [0.1, 0.15) is 5.69 Å². The monoisotopic (exact) mass is 404 g/mol. The maximum atomic E-state index is 12.6. The summed E-state index contributed by atoms with van der Waals surface area (Å²) in [6.45, 7) is 0. The maximum absolute atomic E-state index is 12.6. The first-order valence-electron chi connectivity index (χ1n) is 6.10. The van der Waals surface area contributed by atoms with Crippen LogP contribution in [0.15, 0.2) is 40.0 Å². The van der Waals surface area contributed by atoms with E-state index in [-0.39, 0.29) is 11.8 Å². The van der Waals surface area contributed by atoms with Gasteiger partial charge in [-0.15, -0.1) is 0 Å². The minimum Gasteiger partial charge on any atom is -0.328 e. The number of hydrogen-bond donors (Lipinski definition) is 1. The van der Waals surface area contributed by atoms with Gasteiger partial charge in [0.15, 0.2) is 4.77 Å². The van der Waals surface area contributed by atoms with Crippen molar-refractivity contribution < 1.29 is 34.8 Å². The van der Waals surface area contributed by atoms with Gasteiger partial charge in [0.05, 0.1) is 10.6 Å². The fraction of sp³-hybridized carbons (Fsp3) is 0.167. The number of nitrogens with zero attached hydrogens (tertiary/aromatic N) is 1. The number of alkyl halides is 6. The van der Waals surface area contributed by atoms with Crippen LogP contribution in [0.5, 0.6) is 0 Å². The van der Waals surface area contributed by atoms with Gasteiger partial charge in [0.25, 0.3) is 15.4 Å². The van der Waals surface area contributed by atoms with Gasteiger partial charge in [-0.2, -0.15) is 26.3 Å². The maximum Gasteiger partial charge on any atom is 0.501 e. The summed E-state index contributed by atoms with van der Waals surface area (Å²) >= 11 is 4.65. The van der Waals surface area contributed by atoms with Crippen molar-refractivity contribution in [2.45, 2.75) is 16.6 Å². The van der Waals surface area contributed by atoms with Crippen LogP contribution in [0.3, 0.4) is 0 Å². The molecule has 1 aromatic heterocycles. The molecule has 5 nitrogen and oxygen atoms in total. The second-order valence-electron chi connectivity index (χ2n) is 4.60. The van der Waals surface area contributed by atoms with Crippen LogP contribution in [0.25, 0.3) is 5.69 Å². The van der Waals surface area contributed by atoms with Crippen molar-refractivity contribution in [2.24, 2.45) is 0 Å². The number of nitrogens with one attached hydrogen (secondary N) is 1. The molecule has 25 heavy (non-hydrogen) atoms. The first kappa shape index (κ1) is 19.2. The zero-order valence-electron chi connectivity index (χ0n) is 11.6. The molecular formula is C12H6F6N2O3S2. The Bertz CT molecular complexity index is 986. The summed E-state index contributed by atoms with van der Waals surface area (Å²) in [4.78, 5) is 12.5. The molecule has 0 aliphatic heterocycles. The molecule has 0 aliphatic carbocycles. The van der Waals surface area contributed by atoms with E-state index in [2.05, 4.69) is 12.2 Å². The minimum absolute atomic E-state index is 0.207. The molecule has 0 aliphatic rings. The second kappa shape index (κ2) is 5.98. The lowest BCUT2D eigenvalue weighted by atomic mass is 10.3. The number of benzene rings is 1. The zero-order chi connectivity index (χ0) is 19.2. The van der Waals surface area contributed by atoms with Crippen molar-refractivity contribution >= 4 is 22.1 Å². The van der Waals surface area contributed by atoms with Gasteiger partial charge in [-0.1, -0.05) is 0 Å². The smallest absolute Gasteiger partial charge is 0.328 e. The predicted molar refractivity (Wildman–Crippen MR) is 75.5 cm³/mol. The SMILES string of the molecule is O=c1cc(C(F)(F)F)[nH]c(=S)n1-c1ccc(S(=O)(=O)C(F)(F)F)cc1. The topological polar surface area (TPSA) is 71.9 Å². The number of hydrogen-bond acceptors (Lipinski definition) is 4. The van der Waals surface area contributed by atoms with Crippen LogP contribution < -0.4 is 5.56 Å². The Labute approximate surface area is 140 Å². The van der Waals surface area contributed by atoms with Gasteiger partial charge < -0.3 is 4.98 Å². The van der Waals surface area contributed by atoms with Gasteiger partial charge in [0.2, 0.25) is 0 Å². The molecule has 0 bridgehead atoms. The van der Waals surface area contributed by atoms with Crippen molar-refractivity contribution in [2.75, 3.05) is 0 Å². The average Bonchev–Trinajstić information content (AvgIpc) is 2.45. The van der Waals surface area contributed by atoms with E-state index in [9.17, 15) is 39.6 Å². The molecule has 0 saturated heterocycles. The van der Waals surface area contributed by atoms with Crippen molar-refractivity contribution in [3.05, 3.63) is 51.2 Å². The van der Waals surface area contributed by atoms with Gasteiger partial charge >= 0.3 is 11.7 Å². The summed E-state index contributed by atoms with van der Waals surface area (Å²) in [5, 5.41) is 0. The number of aromatic amines is 1. The molecule has 0 amide bonds. The molecular weight excluding hydrogens is 398 g/mol. The van der Waals surface area contributed by atoms with Gasteiger partial charge in [-0.25, -0.2) is 8.42 Å². The van der Waals surface area contributed by atoms with E-state index in [1.54, 1.807) is 4.98 Å². The van der Waals surface area contributed by atoms with E-state index in [0.717, 1.165) is 12.1 Å². The highest BCUT2D eigenvalue weighted by Gasteiger charge is 2.46. The number of aromatic nitrogens is 2. The normalized spacial score (nSPS) is 13.0. The lowest BCUT2D eigenvalue weighted by Gasteiger charge is -2.11. The van der Waals surface area contributed by atoms with E-state index < -0.39 is 42.4 Å². The third-order valence-corrected chi connectivity index (χ3v) is 4.74. The van der Waals surface area contributed by atoms with Crippen LogP contribution in [0, 0.1) is 4.77 Å². The Morgan fingerprint density at radius 3 is 1.92 bits per heavy atom. The third kappa shape index (κ3) is 3.61. The van der Waals surface area contributed by atoms with E-state index >= 15 is 0 Å². The lowest BCUT2D eigenvalue weighted by Crippen LogP contribution is -2.24. The van der Waals surface area contributed by atoms with Gasteiger partial charge in [0, 0.05) is 6.07 Å². The van der Waals surface area contributed by atoms with Crippen molar-refractivity contribution in [1.29, 1.82) is 0 Å².